The van der Waals surface area contributed by atoms with Gasteiger partial charge in [-0.25, -0.2) is 4.98 Å². The molecule has 0 unspecified atom stereocenters. The van der Waals surface area contributed by atoms with Crippen molar-refractivity contribution in [3.8, 4) is 5.75 Å². The van der Waals surface area contributed by atoms with Gasteiger partial charge in [0.15, 0.2) is 5.16 Å². The summed E-state index contributed by atoms with van der Waals surface area (Å²) >= 11 is 1.36. The molecule has 0 aliphatic rings. The molecule has 1 N–H and O–H groups in total. The van der Waals surface area contributed by atoms with Gasteiger partial charge in [0.05, 0.1) is 32.9 Å². The number of ether oxygens (including phenoxy) is 2. The molecule has 6 heteroatoms. The Kier molecular flexibility index (Phi) is 3.02. The van der Waals surface area contributed by atoms with E-state index >= 15 is 0 Å². The minimum atomic E-state index is -3.51. The molecule has 3 rings (SSSR count). The van der Waals surface area contributed by atoms with Gasteiger partial charge >= 0.3 is 0 Å². The highest BCUT2D eigenvalue weighted by Crippen LogP contribution is 2.27. The van der Waals surface area contributed by atoms with Crippen LogP contribution in [0.2, 0.25) is 0 Å². The third kappa shape index (κ3) is 4.07. The number of methoxy groups -OCH3 is 1. The van der Waals surface area contributed by atoms with E-state index in [-0.39, 0.29) is 5.75 Å². The summed E-state index contributed by atoms with van der Waals surface area (Å²) in [6.45, 7) is -5.18. The second-order valence-corrected chi connectivity index (χ2v) is 5.73. The van der Waals surface area contributed by atoms with Gasteiger partial charge in [0, 0.05) is 40.2 Å². The zero-order chi connectivity index (χ0) is 24.7. The van der Waals surface area contributed by atoms with E-state index in [4.69, 9.17) is 17.1 Å². The molecule has 2 heterocycles. The van der Waals surface area contributed by atoms with Crippen LogP contribution in [0, 0.1) is 6.92 Å². The highest BCUT2D eigenvalue weighted by molar-refractivity contribution is 7.98. The predicted molar refractivity (Wildman–Crippen MR) is 96.6 cm³/mol. The summed E-state index contributed by atoms with van der Waals surface area (Å²) in [6.07, 6.45) is -2.12. The minimum absolute atomic E-state index is 0.0660. The molecule has 0 aliphatic carbocycles. The molecule has 0 saturated heterocycles. The largest absolute Gasteiger partial charge is 0.493 e. The number of H-pyrrole nitrogens is 1. The van der Waals surface area contributed by atoms with E-state index in [0.29, 0.717) is 22.2 Å². The summed E-state index contributed by atoms with van der Waals surface area (Å²) in [5.74, 6) is 0.283. The molecular formula is C18H21N3O2S. The molecule has 0 spiro atoms. The molecule has 0 amide bonds. The number of para-hydroxylation sites is 2. The van der Waals surface area contributed by atoms with Gasteiger partial charge < -0.3 is 14.5 Å². The Morgan fingerprint density at radius 2 is 2.21 bits per heavy atom. The first-order chi connectivity index (χ1) is 15.1. The third-order valence-electron chi connectivity index (χ3n) is 3.29. The number of nitrogens with zero attached hydrogens (tertiary/aromatic N) is 2. The maximum Gasteiger partial charge on any atom is 0.166 e. The van der Waals surface area contributed by atoms with E-state index in [0.717, 1.165) is 11.0 Å². The van der Waals surface area contributed by atoms with Crippen molar-refractivity contribution in [2.75, 3.05) is 20.2 Å². The monoisotopic (exact) mass is 352 g/mol. The first-order valence-corrected chi connectivity index (χ1v) is 8.03. The van der Waals surface area contributed by atoms with Crippen molar-refractivity contribution in [1.82, 2.24) is 15.0 Å². The molecular weight excluding hydrogens is 322 g/mol. The lowest BCUT2D eigenvalue weighted by molar-refractivity contribution is 0.172. The summed E-state index contributed by atoms with van der Waals surface area (Å²) in [7, 11) is -3.28. The SMILES string of the molecule is [2H]C([2H])([2H])OC([2H])([2H])C([2H])([2H])C([2H])([2H])Oc1ccnc(CSc2nc3ccccc3[nH]2)c1C. The summed E-state index contributed by atoms with van der Waals surface area (Å²) in [6, 6.07) is 8.86. The number of thioether (sulfide) groups is 1. The van der Waals surface area contributed by atoms with Crippen LogP contribution in [0.3, 0.4) is 0 Å². The standard InChI is InChI=1S/C18H21N3O2S/c1-13-16(19-9-8-17(13)23-11-5-10-22-2)12-24-18-20-14-6-3-4-7-15(14)21-18/h3-4,6-9H,5,10-12H2,1-2H3,(H,20,21)/i2D3,5D2,10D2,11D2. The van der Waals surface area contributed by atoms with Crippen molar-refractivity contribution >= 4 is 22.8 Å². The summed E-state index contributed by atoms with van der Waals surface area (Å²) in [5, 5.41) is 0.658. The van der Waals surface area contributed by atoms with Crippen molar-refractivity contribution in [1.29, 1.82) is 0 Å². The smallest absolute Gasteiger partial charge is 0.166 e. The topological polar surface area (TPSA) is 60.0 Å². The number of hydrogen-bond acceptors (Lipinski definition) is 5. The number of nitrogens with one attached hydrogen (secondary N) is 1. The molecule has 0 radical (unpaired) electrons. The summed E-state index contributed by atoms with van der Waals surface area (Å²) < 4.78 is 77.7. The molecule has 24 heavy (non-hydrogen) atoms. The first-order valence-electron chi connectivity index (χ1n) is 11.5. The van der Waals surface area contributed by atoms with E-state index in [1.807, 2.05) is 24.3 Å². The second kappa shape index (κ2) is 8.17. The Morgan fingerprint density at radius 1 is 1.29 bits per heavy atom. The first kappa shape index (κ1) is 8.87. The Bertz CT molecular complexity index is 1100. The number of fused-ring (bicyclic) bond motifs is 1. The quantitative estimate of drug-likeness (QED) is 0.622. The van der Waals surface area contributed by atoms with Crippen LogP contribution in [0.25, 0.3) is 11.0 Å². The number of aromatic nitrogens is 3. The van der Waals surface area contributed by atoms with Gasteiger partial charge in [0.2, 0.25) is 0 Å². The van der Waals surface area contributed by atoms with Crippen molar-refractivity contribution in [2.24, 2.45) is 0 Å². The van der Waals surface area contributed by atoms with Crippen LogP contribution in [0.4, 0.5) is 0 Å². The Balaban J connectivity index is 1.78. The molecule has 1 aromatic carbocycles. The van der Waals surface area contributed by atoms with Crippen LogP contribution < -0.4 is 4.74 Å². The van der Waals surface area contributed by atoms with Crippen LogP contribution >= 0.6 is 11.8 Å². The van der Waals surface area contributed by atoms with E-state index in [1.54, 1.807) is 6.92 Å². The normalized spacial score (nSPS) is 19.0. The Labute approximate surface area is 158 Å². The van der Waals surface area contributed by atoms with Crippen LogP contribution in [0.1, 0.15) is 30.0 Å². The number of imidazole rings is 1. The van der Waals surface area contributed by atoms with E-state index in [2.05, 4.69) is 19.7 Å². The zero-order valence-corrected chi connectivity index (χ0v) is 13.6. The van der Waals surface area contributed by atoms with E-state index in [9.17, 15) is 0 Å². The fourth-order valence-corrected chi connectivity index (χ4v) is 2.99. The van der Waals surface area contributed by atoms with Gasteiger partial charge in [-0.2, -0.15) is 0 Å². The lowest BCUT2D eigenvalue weighted by Gasteiger charge is -2.11. The number of hydrogen-bond donors (Lipinski definition) is 1. The molecule has 0 bridgehead atoms. The van der Waals surface area contributed by atoms with Crippen molar-refractivity contribution in [3.63, 3.8) is 0 Å². The Hall–Kier alpha value is -2.05. The van der Waals surface area contributed by atoms with E-state index in [1.165, 1.54) is 24.0 Å². The average molecular weight is 353 g/mol. The number of rotatable bonds is 8. The summed E-state index contributed by atoms with van der Waals surface area (Å²) in [5.41, 5.74) is 2.63. The van der Waals surface area contributed by atoms with Crippen LogP contribution in [0.5, 0.6) is 5.75 Å². The van der Waals surface area contributed by atoms with E-state index < -0.39 is 26.5 Å². The zero-order valence-electron chi connectivity index (χ0n) is 21.8. The average Bonchev–Trinajstić information content (AvgIpc) is 3.09. The number of benzene rings is 1. The maximum absolute atomic E-state index is 8.02. The van der Waals surface area contributed by atoms with Crippen molar-refractivity contribution in [2.45, 2.75) is 24.2 Å². The minimum Gasteiger partial charge on any atom is -0.493 e. The highest BCUT2D eigenvalue weighted by atomic mass is 32.2. The molecule has 126 valence electrons. The van der Waals surface area contributed by atoms with Crippen LogP contribution in [0.15, 0.2) is 41.7 Å². The lowest BCUT2D eigenvalue weighted by atomic mass is 10.2. The van der Waals surface area contributed by atoms with Gasteiger partial charge in [-0.15, -0.1) is 0 Å². The third-order valence-corrected chi connectivity index (χ3v) is 4.17. The molecule has 0 saturated carbocycles. The molecule has 5 nitrogen and oxygen atoms in total. The van der Waals surface area contributed by atoms with Gasteiger partial charge in [-0.1, -0.05) is 23.9 Å². The molecule has 3 aromatic rings. The predicted octanol–water partition coefficient (Wildman–Crippen LogP) is 3.97. The van der Waals surface area contributed by atoms with Crippen LogP contribution in [-0.4, -0.2) is 35.1 Å². The van der Waals surface area contributed by atoms with Crippen molar-refractivity contribution < 1.29 is 21.8 Å². The molecule has 0 fully saturated rings. The fourth-order valence-electron chi connectivity index (χ4n) is 2.08. The summed E-state index contributed by atoms with van der Waals surface area (Å²) in [4.78, 5) is 11.9. The fraction of sp³-hybridized carbons (Fsp3) is 0.333. The maximum atomic E-state index is 8.02. The number of pyridine rings is 1. The van der Waals surface area contributed by atoms with Gasteiger partial charge in [0.25, 0.3) is 0 Å². The van der Waals surface area contributed by atoms with Gasteiger partial charge in [0.1, 0.15) is 5.75 Å². The molecule has 0 aliphatic heterocycles. The lowest BCUT2D eigenvalue weighted by Crippen LogP contribution is -2.04. The van der Waals surface area contributed by atoms with Crippen LogP contribution in [-0.2, 0) is 10.5 Å². The molecule has 2 aromatic heterocycles. The second-order valence-electron chi connectivity index (χ2n) is 4.76. The number of aromatic amines is 1. The van der Waals surface area contributed by atoms with Gasteiger partial charge in [-0.3, -0.25) is 4.98 Å². The van der Waals surface area contributed by atoms with Gasteiger partial charge in [-0.05, 0) is 25.1 Å². The van der Waals surface area contributed by atoms with Crippen molar-refractivity contribution in [3.05, 3.63) is 47.8 Å². The highest BCUT2D eigenvalue weighted by Gasteiger charge is 2.09. The molecule has 0 atom stereocenters. The Morgan fingerprint density at radius 3 is 3.08 bits per heavy atom.